The molecular formula is C23H30ClNO5S. The fraction of sp³-hybridized carbons (Fsp3) is 0.522. The summed E-state index contributed by atoms with van der Waals surface area (Å²) in [7, 11) is -3.29. The van der Waals surface area contributed by atoms with Crippen molar-refractivity contribution < 1.29 is 23.1 Å². The van der Waals surface area contributed by atoms with Crippen molar-refractivity contribution in [3.8, 4) is 5.75 Å². The number of nitrogens with zero attached hydrogens (tertiary/aromatic N) is 1. The zero-order chi connectivity index (χ0) is 22.4. The number of carboxylic acid groups (broad SMARTS) is 1. The number of hydrogen-bond donors (Lipinski definition) is 1. The summed E-state index contributed by atoms with van der Waals surface area (Å²) in [5, 5.41) is 9.00. The molecule has 1 aromatic rings. The maximum atomic E-state index is 12.9. The Morgan fingerprint density at radius 2 is 2.16 bits per heavy atom. The number of sulfonamides is 1. The van der Waals surface area contributed by atoms with E-state index in [1.807, 2.05) is 24.3 Å². The van der Waals surface area contributed by atoms with E-state index in [0.717, 1.165) is 31.2 Å². The molecule has 1 heterocycles. The van der Waals surface area contributed by atoms with Crippen LogP contribution in [0.5, 0.6) is 5.75 Å². The summed E-state index contributed by atoms with van der Waals surface area (Å²) in [6.45, 7) is 2.97. The highest BCUT2D eigenvalue weighted by molar-refractivity contribution is 7.89. The van der Waals surface area contributed by atoms with Gasteiger partial charge in [0.2, 0.25) is 10.0 Å². The second kappa shape index (κ2) is 10.7. The van der Waals surface area contributed by atoms with Crippen LogP contribution in [-0.2, 0) is 21.2 Å². The van der Waals surface area contributed by atoms with E-state index in [1.54, 1.807) is 22.5 Å². The molecule has 3 rings (SSSR count). The molecule has 0 amide bonds. The van der Waals surface area contributed by atoms with Crippen molar-refractivity contribution in [1.29, 1.82) is 0 Å². The second-order valence-electron chi connectivity index (χ2n) is 8.46. The number of halogens is 1. The van der Waals surface area contributed by atoms with Gasteiger partial charge in [-0.3, -0.25) is 0 Å². The van der Waals surface area contributed by atoms with Crippen molar-refractivity contribution >= 4 is 27.6 Å². The van der Waals surface area contributed by atoms with E-state index in [2.05, 4.69) is 6.92 Å². The monoisotopic (exact) mass is 467 g/mol. The number of aryl methyl sites for hydroxylation is 1. The van der Waals surface area contributed by atoms with Gasteiger partial charge in [-0.2, -0.15) is 0 Å². The van der Waals surface area contributed by atoms with Gasteiger partial charge in [0.25, 0.3) is 0 Å². The number of hydrogen-bond acceptors (Lipinski definition) is 4. The van der Waals surface area contributed by atoms with E-state index in [4.69, 9.17) is 21.4 Å². The summed E-state index contributed by atoms with van der Waals surface area (Å²) in [5.41, 5.74) is 0.897. The molecule has 1 aliphatic carbocycles. The van der Waals surface area contributed by atoms with Crippen LogP contribution in [0.3, 0.4) is 0 Å². The lowest BCUT2D eigenvalue weighted by Crippen LogP contribution is -2.36. The predicted octanol–water partition coefficient (Wildman–Crippen LogP) is 4.30. The van der Waals surface area contributed by atoms with Crippen molar-refractivity contribution in [1.82, 2.24) is 4.31 Å². The van der Waals surface area contributed by atoms with Crippen LogP contribution >= 0.6 is 11.6 Å². The van der Waals surface area contributed by atoms with E-state index >= 15 is 0 Å². The molecule has 1 aromatic carbocycles. The van der Waals surface area contributed by atoms with Crippen molar-refractivity contribution in [2.75, 3.05) is 19.7 Å². The molecule has 0 aromatic heterocycles. The largest absolute Gasteiger partial charge is 0.482 e. The minimum Gasteiger partial charge on any atom is -0.482 e. The molecule has 6 nitrogen and oxygen atoms in total. The average molecular weight is 468 g/mol. The van der Waals surface area contributed by atoms with Crippen LogP contribution in [0.15, 0.2) is 42.5 Å². The zero-order valence-electron chi connectivity index (χ0n) is 17.7. The molecule has 1 aliphatic heterocycles. The van der Waals surface area contributed by atoms with Crippen molar-refractivity contribution in [2.45, 2.75) is 44.3 Å². The van der Waals surface area contributed by atoms with Crippen LogP contribution in [0.1, 0.15) is 38.2 Å². The summed E-state index contributed by atoms with van der Waals surface area (Å²) >= 11 is 6.11. The van der Waals surface area contributed by atoms with Crippen LogP contribution in [0.25, 0.3) is 0 Å². The van der Waals surface area contributed by atoms with Crippen LogP contribution < -0.4 is 4.74 Å². The van der Waals surface area contributed by atoms with Gasteiger partial charge in [-0.15, -0.1) is 0 Å². The van der Waals surface area contributed by atoms with Gasteiger partial charge >= 0.3 is 5.97 Å². The number of rotatable bonds is 10. The molecule has 0 spiro atoms. The first kappa shape index (κ1) is 23.8. The third-order valence-corrected chi connectivity index (χ3v) is 8.35. The highest BCUT2D eigenvalue weighted by Crippen LogP contribution is 2.31. The Balaban J connectivity index is 1.51. The third kappa shape index (κ3) is 6.57. The average Bonchev–Trinajstić information content (AvgIpc) is 3.21. The molecule has 0 saturated carbocycles. The van der Waals surface area contributed by atoms with E-state index < -0.39 is 21.2 Å². The van der Waals surface area contributed by atoms with Crippen LogP contribution in [-0.4, -0.2) is 48.7 Å². The first-order valence-corrected chi connectivity index (χ1v) is 12.6. The summed E-state index contributed by atoms with van der Waals surface area (Å²) in [4.78, 5) is 10.8. The number of ether oxygens (including phenoxy) is 1. The van der Waals surface area contributed by atoms with E-state index in [9.17, 15) is 13.2 Å². The van der Waals surface area contributed by atoms with Crippen molar-refractivity contribution in [3.05, 3.63) is 53.1 Å². The van der Waals surface area contributed by atoms with Gasteiger partial charge in [-0.05, 0) is 67.7 Å². The minimum absolute atomic E-state index is 0.356. The topological polar surface area (TPSA) is 83.9 Å². The van der Waals surface area contributed by atoms with E-state index in [-0.39, 0.29) is 6.61 Å². The molecule has 1 fully saturated rings. The molecular weight excluding hydrogens is 438 g/mol. The molecule has 8 heteroatoms. The van der Waals surface area contributed by atoms with Crippen molar-refractivity contribution in [3.63, 3.8) is 0 Å². The van der Waals surface area contributed by atoms with Crippen LogP contribution in [0, 0.1) is 11.8 Å². The maximum Gasteiger partial charge on any atom is 0.341 e. The smallest absolute Gasteiger partial charge is 0.341 e. The summed E-state index contributed by atoms with van der Waals surface area (Å²) < 4.78 is 32.8. The van der Waals surface area contributed by atoms with E-state index in [0.29, 0.717) is 42.1 Å². The van der Waals surface area contributed by atoms with Crippen LogP contribution in [0.4, 0.5) is 0 Å². The number of benzene rings is 1. The van der Waals surface area contributed by atoms with Crippen LogP contribution in [0.2, 0.25) is 5.02 Å². The number of carbonyl (C=O) groups is 1. The normalized spacial score (nSPS) is 22.5. The first-order valence-electron chi connectivity index (χ1n) is 10.7. The number of allylic oxidation sites excluding steroid dienone is 3. The van der Waals surface area contributed by atoms with Gasteiger partial charge in [0, 0.05) is 18.1 Å². The quantitative estimate of drug-likeness (QED) is 0.554. The van der Waals surface area contributed by atoms with Gasteiger partial charge in [0.15, 0.2) is 6.61 Å². The summed E-state index contributed by atoms with van der Waals surface area (Å²) in [6.07, 6.45) is 11.4. The number of carboxylic acids is 1. The molecule has 3 unspecified atom stereocenters. The minimum atomic E-state index is -3.29. The highest BCUT2D eigenvalue weighted by Gasteiger charge is 2.36. The SMILES string of the molecule is CC(CCc1cc(Cl)ccc1OCC(=O)O)CC1CCN(S(=O)(=O)C2C=CC=CC2)C1. The van der Waals surface area contributed by atoms with Gasteiger partial charge in [-0.1, -0.05) is 42.8 Å². The Morgan fingerprint density at radius 1 is 1.35 bits per heavy atom. The fourth-order valence-electron chi connectivity index (χ4n) is 4.30. The Morgan fingerprint density at radius 3 is 2.87 bits per heavy atom. The lowest BCUT2D eigenvalue weighted by molar-refractivity contribution is -0.139. The number of aliphatic carboxylic acids is 1. The van der Waals surface area contributed by atoms with Gasteiger partial charge in [0.05, 0.1) is 5.25 Å². The lowest BCUT2D eigenvalue weighted by Gasteiger charge is -2.23. The van der Waals surface area contributed by atoms with E-state index in [1.165, 1.54) is 0 Å². The standard InChI is InChI=1S/C23H30ClNO5S/c1-17(7-8-19-14-20(24)9-10-22(19)30-16-23(26)27)13-18-11-12-25(15-18)31(28,29)21-5-3-2-4-6-21/h2-5,9-10,14,17-18,21H,6-8,11-13,15-16H2,1H3,(H,26,27). The molecule has 2 aliphatic rings. The molecule has 0 bridgehead atoms. The highest BCUT2D eigenvalue weighted by atomic mass is 35.5. The molecule has 0 radical (unpaired) electrons. The second-order valence-corrected chi connectivity index (χ2v) is 11.0. The Labute approximate surface area is 189 Å². The Kier molecular flexibility index (Phi) is 8.19. The molecule has 1 saturated heterocycles. The van der Waals surface area contributed by atoms with Crippen molar-refractivity contribution in [2.24, 2.45) is 11.8 Å². The maximum absolute atomic E-state index is 12.9. The molecule has 3 atom stereocenters. The third-order valence-electron chi connectivity index (χ3n) is 5.95. The molecule has 31 heavy (non-hydrogen) atoms. The summed E-state index contributed by atoms with van der Waals surface area (Å²) in [6, 6.07) is 5.22. The Bertz CT molecular complexity index is 943. The fourth-order valence-corrected chi connectivity index (χ4v) is 6.30. The molecule has 170 valence electrons. The van der Waals surface area contributed by atoms with Gasteiger partial charge in [0.1, 0.15) is 5.75 Å². The van der Waals surface area contributed by atoms with Gasteiger partial charge < -0.3 is 9.84 Å². The first-order chi connectivity index (χ1) is 14.8. The summed E-state index contributed by atoms with van der Waals surface area (Å²) in [5.74, 6) is 0.285. The molecule has 1 N–H and O–H groups in total. The zero-order valence-corrected chi connectivity index (χ0v) is 19.3. The lowest BCUT2D eigenvalue weighted by atomic mass is 9.90. The predicted molar refractivity (Wildman–Crippen MR) is 122 cm³/mol. The Hall–Kier alpha value is -1.83. The van der Waals surface area contributed by atoms with Gasteiger partial charge in [-0.25, -0.2) is 17.5 Å².